The minimum Gasteiger partial charge on any atom is -0.508 e. The maximum absolute atomic E-state index is 13.0. The summed E-state index contributed by atoms with van der Waals surface area (Å²) < 4.78 is 6.60. The molecule has 0 spiro atoms. The van der Waals surface area contributed by atoms with Gasteiger partial charge in [0.15, 0.2) is 6.10 Å². The van der Waals surface area contributed by atoms with E-state index in [0.717, 1.165) is 34.5 Å². The maximum atomic E-state index is 13.0. The van der Waals surface area contributed by atoms with Gasteiger partial charge in [-0.15, -0.1) is 0 Å². The minimum absolute atomic E-state index is 0.115. The van der Waals surface area contributed by atoms with E-state index in [1.807, 2.05) is 13.0 Å². The molecule has 1 unspecified atom stereocenters. The largest absolute Gasteiger partial charge is 0.508 e. The van der Waals surface area contributed by atoms with Gasteiger partial charge in [0.1, 0.15) is 12.4 Å². The van der Waals surface area contributed by atoms with Crippen molar-refractivity contribution in [1.82, 2.24) is 4.57 Å². The minimum atomic E-state index is -1.43. The molecule has 0 saturated heterocycles. The molecule has 7 nitrogen and oxygen atoms in total. The van der Waals surface area contributed by atoms with E-state index in [4.69, 9.17) is 4.74 Å². The van der Waals surface area contributed by atoms with Crippen LogP contribution in [0, 0.1) is 0 Å². The van der Waals surface area contributed by atoms with E-state index in [2.05, 4.69) is 5.32 Å². The Bertz CT molecular complexity index is 1100. The van der Waals surface area contributed by atoms with E-state index in [1.165, 1.54) is 0 Å². The standard InChI is InChI=1S/C20H18N2O5/c1-2-10-11-5-9(23)3-4-15(11)21-17-13(10)7-22-16(17)6-12-14(19(22)25)8-27-20(26)18(12)24/h3-6,17-18,21,23-24H,2,7-8H2,1H3/t17?,18-/m0/s1. The van der Waals surface area contributed by atoms with Crippen LogP contribution in [0.1, 0.15) is 47.9 Å². The number of pyridine rings is 1. The molecule has 1 aromatic heterocycles. The number of aliphatic hydroxyl groups excluding tert-OH is 1. The van der Waals surface area contributed by atoms with Crippen molar-refractivity contribution >= 4 is 17.2 Å². The third-order valence-electron chi connectivity index (χ3n) is 5.69. The van der Waals surface area contributed by atoms with Crippen LogP contribution >= 0.6 is 0 Å². The second-order valence-corrected chi connectivity index (χ2v) is 7.07. The first-order valence-corrected chi connectivity index (χ1v) is 8.92. The van der Waals surface area contributed by atoms with Gasteiger partial charge in [0.05, 0.1) is 11.6 Å². The van der Waals surface area contributed by atoms with Crippen molar-refractivity contribution < 1.29 is 19.7 Å². The molecule has 0 fully saturated rings. The number of carbonyl (C=O) groups excluding carboxylic acids is 1. The average Bonchev–Trinajstić information content (AvgIpc) is 3.02. The number of allylic oxidation sites excluding steroid dienone is 1. The average molecular weight is 366 g/mol. The van der Waals surface area contributed by atoms with Gasteiger partial charge in [0.2, 0.25) is 0 Å². The first-order valence-electron chi connectivity index (χ1n) is 8.92. The van der Waals surface area contributed by atoms with E-state index in [-0.39, 0.29) is 24.0 Å². The highest BCUT2D eigenvalue weighted by molar-refractivity contribution is 5.84. The van der Waals surface area contributed by atoms with Gasteiger partial charge in [-0.1, -0.05) is 6.92 Å². The molecular weight excluding hydrogens is 348 g/mol. The fourth-order valence-corrected chi connectivity index (χ4v) is 4.39. The van der Waals surface area contributed by atoms with Crippen molar-refractivity contribution in [3.63, 3.8) is 0 Å². The number of ether oxygens (including phenoxy) is 1. The number of hydrogen-bond acceptors (Lipinski definition) is 6. The first kappa shape index (κ1) is 16.1. The lowest BCUT2D eigenvalue weighted by Crippen LogP contribution is -2.33. The van der Waals surface area contributed by atoms with Gasteiger partial charge in [-0.2, -0.15) is 0 Å². The van der Waals surface area contributed by atoms with Crippen LogP contribution in [0.25, 0.3) is 5.57 Å². The number of nitrogens with zero attached hydrogens (tertiary/aromatic N) is 1. The summed E-state index contributed by atoms with van der Waals surface area (Å²) in [5.41, 5.74) is 5.14. The van der Waals surface area contributed by atoms with Gasteiger partial charge in [-0.3, -0.25) is 4.79 Å². The van der Waals surface area contributed by atoms with Crippen molar-refractivity contribution in [2.45, 2.75) is 38.6 Å². The topological polar surface area (TPSA) is 101 Å². The molecule has 3 aliphatic heterocycles. The zero-order valence-electron chi connectivity index (χ0n) is 14.7. The summed E-state index contributed by atoms with van der Waals surface area (Å²) >= 11 is 0. The molecule has 0 amide bonds. The number of hydrogen-bond donors (Lipinski definition) is 3. The molecule has 1 aromatic carbocycles. The molecule has 27 heavy (non-hydrogen) atoms. The number of aliphatic hydroxyl groups is 1. The second kappa shape index (κ2) is 5.47. The van der Waals surface area contributed by atoms with Gasteiger partial charge in [0, 0.05) is 29.1 Å². The smallest absolute Gasteiger partial charge is 0.340 e. The molecule has 7 heteroatoms. The summed E-state index contributed by atoms with van der Waals surface area (Å²) in [5, 5.41) is 23.5. The lowest BCUT2D eigenvalue weighted by atomic mass is 9.88. The Labute approximate surface area is 154 Å². The molecule has 2 aromatic rings. The highest BCUT2D eigenvalue weighted by Crippen LogP contribution is 2.46. The number of aromatic hydroxyl groups is 1. The Morgan fingerprint density at radius 1 is 1.30 bits per heavy atom. The lowest BCUT2D eigenvalue weighted by molar-refractivity contribution is -0.157. The van der Waals surface area contributed by atoms with Gasteiger partial charge < -0.3 is 24.8 Å². The predicted molar refractivity (Wildman–Crippen MR) is 97.1 cm³/mol. The highest BCUT2D eigenvalue weighted by Gasteiger charge is 2.38. The summed E-state index contributed by atoms with van der Waals surface area (Å²) in [6, 6.07) is 6.71. The number of carbonyl (C=O) groups is 1. The quantitative estimate of drug-likeness (QED) is 0.527. The monoisotopic (exact) mass is 366 g/mol. The Morgan fingerprint density at radius 2 is 2.11 bits per heavy atom. The molecule has 3 aliphatic rings. The number of aromatic nitrogens is 1. The van der Waals surface area contributed by atoms with Gasteiger partial charge >= 0.3 is 5.97 Å². The summed E-state index contributed by atoms with van der Waals surface area (Å²) in [6.45, 7) is 2.36. The van der Waals surface area contributed by atoms with Gasteiger partial charge in [-0.05, 0) is 41.8 Å². The number of nitrogens with one attached hydrogen (secondary N) is 1. The summed E-state index contributed by atoms with van der Waals surface area (Å²) in [6.07, 6.45) is -0.671. The zero-order valence-corrected chi connectivity index (χ0v) is 14.7. The molecule has 138 valence electrons. The first-order chi connectivity index (χ1) is 13.0. The van der Waals surface area contributed by atoms with Crippen LogP contribution in [0.4, 0.5) is 5.69 Å². The maximum Gasteiger partial charge on any atom is 0.340 e. The van der Waals surface area contributed by atoms with Crippen LogP contribution in [-0.4, -0.2) is 20.7 Å². The third kappa shape index (κ3) is 2.12. The number of esters is 1. The molecule has 2 atom stereocenters. The van der Waals surface area contributed by atoms with Crippen LogP contribution in [0.3, 0.4) is 0 Å². The number of rotatable bonds is 1. The molecule has 3 N–H and O–H groups in total. The number of fused-ring (bicyclic) bond motifs is 5. The predicted octanol–water partition coefficient (Wildman–Crippen LogP) is 1.99. The molecular formula is C20H18N2O5. The van der Waals surface area contributed by atoms with Gasteiger partial charge in [0.25, 0.3) is 5.56 Å². The van der Waals surface area contributed by atoms with E-state index >= 15 is 0 Å². The highest BCUT2D eigenvalue weighted by atomic mass is 16.5. The van der Waals surface area contributed by atoms with Crippen LogP contribution in [-0.2, 0) is 22.7 Å². The zero-order chi connectivity index (χ0) is 18.9. The molecule has 0 radical (unpaired) electrons. The Morgan fingerprint density at radius 3 is 2.89 bits per heavy atom. The Balaban J connectivity index is 1.73. The van der Waals surface area contributed by atoms with Crippen LogP contribution in [0.15, 0.2) is 34.6 Å². The van der Waals surface area contributed by atoms with Crippen molar-refractivity contribution in [1.29, 1.82) is 0 Å². The summed E-state index contributed by atoms with van der Waals surface area (Å²) in [4.78, 5) is 24.7. The molecule has 0 bridgehead atoms. The van der Waals surface area contributed by atoms with Crippen molar-refractivity contribution in [2.75, 3.05) is 5.32 Å². The van der Waals surface area contributed by atoms with Crippen LogP contribution in [0.5, 0.6) is 5.75 Å². The van der Waals surface area contributed by atoms with E-state index in [1.54, 1.807) is 22.8 Å². The number of benzene rings is 1. The third-order valence-corrected chi connectivity index (χ3v) is 5.69. The molecule has 0 saturated carbocycles. The fourth-order valence-electron chi connectivity index (χ4n) is 4.39. The van der Waals surface area contributed by atoms with Crippen LogP contribution in [0.2, 0.25) is 0 Å². The van der Waals surface area contributed by atoms with Gasteiger partial charge in [-0.25, -0.2) is 4.79 Å². The molecule has 0 aliphatic carbocycles. The Kier molecular flexibility index (Phi) is 3.27. The van der Waals surface area contributed by atoms with Crippen LogP contribution < -0.4 is 10.9 Å². The second-order valence-electron chi connectivity index (χ2n) is 7.07. The summed E-state index contributed by atoms with van der Waals surface area (Å²) in [5.74, 6) is -0.533. The van der Waals surface area contributed by atoms with Crippen molar-refractivity contribution in [3.05, 3.63) is 62.6 Å². The lowest BCUT2D eigenvalue weighted by Gasteiger charge is -2.28. The van der Waals surface area contributed by atoms with E-state index < -0.39 is 12.1 Å². The van der Waals surface area contributed by atoms with Crippen molar-refractivity contribution in [2.24, 2.45) is 0 Å². The number of phenols is 1. The molecule has 5 rings (SSSR count). The normalized spacial score (nSPS) is 22.4. The Hall–Kier alpha value is -3.06. The van der Waals surface area contributed by atoms with Crippen molar-refractivity contribution in [3.8, 4) is 5.75 Å². The van der Waals surface area contributed by atoms with E-state index in [0.29, 0.717) is 17.7 Å². The molecule has 4 heterocycles. The fraction of sp³-hybridized carbons (Fsp3) is 0.300. The van der Waals surface area contributed by atoms with E-state index in [9.17, 15) is 19.8 Å². The number of cyclic esters (lactones) is 1. The summed E-state index contributed by atoms with van der Waals surface area (Å²) in [7, 11) is 0. The number of phenolic OH excluding ortho intramolecular Hbond substituents is 1. The SMILES string of the molecule is CCC1=C2Cn3c(cc4c(c3=O)COC(=O)[C@H]4O)C2Nc2ccc(O)cc21. The number of anilines is 1.